The number of hydrogen-bond acceptors (Lipinski definition) is 3. The van der Waals surface area contributed by atoms with Crippen molar-refractivity contribution in [2.24, 2.45) is 5.92 Å². The fourth-order valence-corrected chi connectivity index (χ4v) is 2.82. The Bertz CT molecular complexity index is 604. The fourth-order valence-electron chi connectivity index (χ4n) is 2.82. The molecule has 1 aliphatic rings. The normalized spacial score (nSPS) is 17.6. The summed E-state index contributed by atoms with van der Waals surface area (Å²) >= 11 is 0. The maximum atomic E-state index is 11.6. The van der Waals surface area contributed by atoms with Gasteiger partial charge < -0.3 is 9.30 Å². The largest absolute Gasteiger partial charge is 0.469 e. The molecule has 2 aromatic rings. The Hall–Kier alpha value is -2.10. The quantitative estimate of drug-likeness (QED) is 0.803. The molecule has 20 heavy (non-hydrogen) atoms. The highest BCUT2D eigenvalue weighted by Crippen LogP contribution is 2.23. The Morgan fingerprint density at radius 3 is 2.95 bits per heavy atom. The summed E-state index contributed by atoms with van der Waals surface area (Å²) in [6.45, 7) is 0.845. The van der Waals surface area contributed by atoms with E-state index in [0.717, 1.165) is 37.3 Å². The second kappa shape index (κ2) is 5.49. The molecule has 0 saturated heterocycles. The predicted molar refractivity (Wildman–Crippen MR) is 75.3 cm³/mol. The lowest BCUT2D eigenvalue weighted by molar-refractivity contribution is -0.146. The number of methoxy groups -OCH3 is 1. The van der Waals surface area contributed by atoms with Crippen LogP contribution in [0.25, 0.3) is 0 Å². The van der Waals surface area contributed by atoms with Gasteiger partial charge in [-0.15, -0.1) is 0 Å². The second-order valence-electron chi connectivity index (χ2n) is 5.19. The van der Waals surface area contributed by atoms with E-state index in [0.29, 0.717) is 0 Å². The lowest BCUT2D eigenvalue weighted by Gasteiger charge is -2.23. The van der Waals surface area contributed by atoms with Gasteiger partial charge in [-0.25, -0.2) is 4.98 Å². The van der Waals surface area contributed by atoms with Crippen molar-refractivity contribution >= 4 is 5.97 Å². The van der Waals surface area contributed by atoms with E-state index < -0.39 is 0 Å². The summed E-state index contributed by atoms with van der Waals surface area (Å²) in [7, 11) is 1.45. The number of fused-ring (bicyclic) bond motifs is 1. The molecule has 0 radical (unpaired) electrons. The molecule has 0 bridgehead atoms. The maximum Gasteiger partial charge on any atom is 0.309 e. The number of rotatable bonds is 3. The SMILES string of the molecule is COC(=O)C1CCn2c(cnc2Cc2ccccc2)C1. The van der Waals surface area contributed by atoms with E-state index in [-0.39, 0.29) is 11.9 Å². The number of hydrogen-bond donors (Lipinski definition) is 0. The Kier molecular flexibility index (Phi) is 3.54. The van der Waals surface area contributed by atoms with Crippen molar-refractivity contribution in [1.29, 1.82) is 0 Å². The van der Waals surface area contributed by atoms with Crippen LogP contribution in [0.1, 0.15) is 23.5 Å². The summed E-state index contributed by atoms with van der Waals surface area (Å²) in [6.07, 6.45) is 4.30. The van der Waals surface area contributed by atoms with Crippen molar-refractivity contribution in [3.63, 3.8) is 0 Å². The smallest absolute Gasteiger partial charge is 0.309 e. The van der Waals surface area contributed by atoms with Crippen LogP contribution in [0.4, 0.5) is 0 Å². The number of carbonyl (C=O) groups excluding carboxylic acids is 1. The van der Waals surface area contributed by atoms with Gasteiger partial charge >= 0.3 is 5.97 Å². The third-order valence-corrected chi connectivity index (χ3v) is 3.92. The molecule has 0 fully saturated rings. The van der Waals surface area contributed by atoms with Crippen LogP contribution in [0.2, 0.25) is 0 Å². The van der Waals surface area contributed by atoms with Gasteiger partial charge in [-0.2, -0.15) is 0 Å². The number of imidazole rings is 1. The molecular weight excluding hydrogens is 252 g/mol. The summed E-state index contributed by atoms with van der Waals surface area (Å²) < 4.78 is 7.08. The summed E-state index contributed by atoms with van der Waals surface area (Å²) in [4.78, 5) is 16.1. The van der Waals surface area contributed by atoms with E-state index in [1.165, 1.54) is 12.7 Å². The molecule has 104 valence electrons. The molecule has 1 aromatic heterocycles. The first-order valence-electron chi connectivity index (χ1n) is 6.93. The monoisotopic (exact) mass is 270 g/mol. The number of carbonyl (C=O) groups is 1. The fraction of sp³-hybridized carbons (Fsp3) is 0.375. The van der Waals surface area contributed by atoms with Crippen LogP contribution in [0.15, 0.2) is 36.5 Å². The molecule has 4 heteroatoms. The minimum absolute atomic E-state index is 0.0197. The molecule has 1 aromatic carbocycles. The van der Waals surface area contributed by atoms with Crippen LogP contribution in [0.3, 0.4) is 0 Å². The van der Waals surface area contributed by atoms with Crippen molar-refractivity contribution in [1.82, 2.24) is 9.55 Å². The van der Waals surface area contributed by atoms with E-state index in [1.54, 1.807) is 0 Å². The lowest BCUT2D eigenvalue weighted by atomic mass is 9.96. The molecule has 0 amide bonds. The van der Waals surface area contributed by atoms with Gasteiger partial charge in [-0.05, 0) is 12.0 Å². The molecule has 0 aliphatic carbocycles. The number of esters is 1. The zero-order chi connectivity index (χ0) is 13.9. The topological polar surface area (TPSA) is 44.1 Å². The molecule has 0 N–H and O–H groups in total. The molecule has 2 heterocycles. The molecule has 0 saturated carbocycles. The first-order valence-corrected chi connectivity index (χ1v) is 6.93. The average Bonchev–Trinajstić information content (AvgIpc) is 2.90. The summed E-state index contributed by atoms with van der Waals surface area (Å²) in [6, 6.07) is 10.3. The van der Waals surface area contributed by atoms with E-state index >= 15 is 0 Å². The van der Waals surface area contributed by atoms with Crippen molar-refractivity contribution in [2.75, 3.05) is 7.11 Å². The van der Waals surface area contributed by atoms with E-state index in [4.69, 9.17) is 4.74 Å². The van der Waals surface area contributed by atoms with Crippen LogP contribution in [0, 0.1) is 5.92 Å². The molecular formula is C16H18N2O2. The maximum absolute atomic E-state index is 11.6. The van der Waals surface area contributed by atoms with Gasteiger partial charge in [0.2, 0.25) is 0 Å². The molecule has 1 aliphatic heterocycles. The van der Waals surface area contributed by atoms with Crippen molar-refractivity contribution in [2.45, 2.75) is 25.8 Å². The van der Waals surface area contributed by atoms with Crippen LogP contribution >= 0.6 is 0 Å². The molecule has 4 nitrogen and oxygen atoms in total. The van der Waals surface area contributed by atoms with Gasteiger partial charge in [0, 0.05) is 31.3 Å². The summed E-state index contributed by atoms with van der Waals surface area (Å²) in [5.41, 5.74) is 2.40. The number of aromatic nitrogens is 2. The summed E-state index contributed by atoms with van der Waals surface area (Å²) in [5, 5.41) is 0. The van der Waals surface area contributed by atoms with E-state index in [1.807, 2.05) is 24.4 Å². The lowest BCUT2D eigenvalue weighted by Crippen LogP contribution is -2.27. The third-order valence-electron chi connectivity index (χ3n) is 3.92. The van der Waals surface area contributed by atoms with Gasteiger partial charge in [0.1, 0.15) is 5.82 Å². The Morgan fingerprint density at radius 1 is 1.40 bits per heavy atom. The number of ether oxygens (including phenoxy) is 1. The Labute approximate surface area is 118 Å². The van der Waals surface area contributed by atoms with Crippen LogP contribution in [-0.4, -0.2) is 22.6 Å². The van der Waals surface area contributed by atoms with Gasteiger partial charge in [0.25, 0.3) is 0 Å². The average molecular weight is 270 g/mol. The van der Waals surface area contributed by atoms with Crippen molar-refractivity contribution in [3.8, 4) is 0 Å². The zero-order valence-corrected chi connectivity index (χ0v) is 11.6. The van der Waals surface area contributed by atoms with Crippen LogP contribution < -0.4 is 0 Å². The standard InChI is InChI=1S/C16H18N2O2/c1-20-16(19)13-7-8-18-14(10-13)11-17-15(18)9-12-5-3-2-4-6-12/h2-6,11,13H,7-10H2,1H3. The Balaban J connectivity index is 1.78. The Morgan fingerprint density at radius 2 is 2.20 bits per heavy atom. The molecule has 1 atom stereocenters. The van der Waals surface area contributed by atoms with Gasteiger partial charge in [-0.1, -0.05) is 30.3 Å². The van der Waals surface area contributed by atoms with Crippen LogP contribution in [-0.2, 0) is 28.9 Å². The molecule has 1 unspecified atom stereocenters. The van der Waals surface area contributed by atoms with E-state index in [2.05, 4.69) is 21.7 Å². The third kappa shape index (κ3) is 2.46. The number of nitrogens with zero attached hydrogens (tertiary/aromatic N) is 2. The predicted octanol–water partition coefficient (Wildman–Crippen LogP) is 2.21. The summed E-state index contributed by atoms with van der Waals surface area (Å²) in [5.74, 6) is 0.949. The zero-order valence-electron chi connectivity index (χ0n) is 11.6. The van der Waals surface area contributed by atoms with Crippen LogP contribution in [0.5, 0.6) is 0 Å². The molecule has 3 rings (SSSR count). The van der Waals surface area contributed by atoms with E-state index in [9.17, 15) is 4.79 Å². The highest BCUT2D eigenvalue weighted by Gasteiger charge is 2.27. The second-order valence-corrected chi connectivity index (χ2v) is 5.19. The van der Waals surface area contributed by atoms with Gasteiger partial charge in [0.05, 0.1) is 13.0 Å². The molecule has 0 spiro atoms. The van der Waals surface area contributed by atoms with Gasteiger partial charge in [-0.3, -0.25) is 4.79 Å². The first kappa shape index (κ1) is 12.9. The van der Waals surface area contributed by atoms with Crippen molar-refractivity contribution in [3.05, 3.63) is 53.6 Å². The number of benzene rings is 1. The van der Waals surface area contributed by atoms with Gasteiger partial charge in [0.15, 0.2) is 0 Å². The highest BCUT2D eigenvalue weighted by atomic mass is 16.5. The minimum atomic E-state index is -0.109. The van der Waals surface area contributed by atoms with Crippen molar-refractivity contribution < 1.29 is 9.53 Å². The highest BCUT2D eigenvalue weighted by molar-refractivity contribution is 5.72. The minimum Gasteiger partial charge on any atom is -0.469 e. The first-order chi connectivity index (χ1) is 9.78.